The lowest BCUT2D eigenvalue weighted by Crippen LogP contribution is -2.39. The van der Waals surface area contributed by atoms with Gasteiger partial charge in [0.1, 0.15) is 0 Å². The average molecular weight is 267 g/mol. The molecule has 0 aliphatic heterocycles. The van der Waals surface area contributed by atoms with Crippen LogP contribution in [-0.2, 0) is 11.3 Å². The van der Waals surface area contributed by atoms with Crippen LogP contribution in [0.25, 0.3) is 0 Å². The largest absolute Gasteiger partial charge is 0.341 e. The van der Waals surface area contributed by atoms with E-state index in [-0.39, 0.29) is 17.9 Å². The Hall–Kier alpha value is -1.06. The highest BCUT2D eigenvalue weighted by Crippen LogP contribution is 2.26. The van der Waals surface area contributed by atoms with Crippen molar-refractivity contribution in [3.05, 3.63) is 34.9 Å². The Kier molecular flexibility index (Phi) is 4.25. The lowest BCUT2D eigenvalue weighted by molar-refractivity contribution is -0.134. The molecule has 98 valence electrons. The molecule has 2 N–H and O–H groups in total. The molecule has 0 spiro atoms. The van der Waals surface area contributed by atoms with Crippen LogP contribution in [0.15, 0.2) is 24.3 Å². The van der Waals surface area contributed by atoms with E-state index < -0.39 is 0 Å². The standard InChI is InChI=1S/C14H19ClN2O/c1-17(9-10-5-7-11(15)8-6-10)14(18)12-3-2-4-13(12)16/h5-8,12-13H,2-4,9,16H2,1H3. The van der Waals surface area contributed by atoms with Gasteiger partial charge in [0.15, 0.2) is 0 Å². The fraction of sp³-hybridized carbons (Fsp3) is 0.500. The molecular weight excluding hydrogens is 248 g/mol. The van der Waals surface area contributed by atoms with Crippen molar-refractivity contribution >= 4 is 17.5 Å². The van der Waals surface area contributed by atoms with Crippen LogP contribution in [-0.4, -0.2) is 23.9 Å². The molecule has 1 aliphatic carbocycles. The van der Waals surface area contributed by atoms with Crippen LogP contribution < -0.4 is 5.73 Å². The van der Waals surface area contributed by atoms with Crippen molar-refractivity contribution in [1.82, 2.24) is 4.90 Å². The van der Waals surface area contributed by atoms with Gasteiger partial charge in [0.25, 0.3) is 0 Å². The van der Waals surface area contributed by atoms with E-state index in [9.17, 15) is 4.79 Å². The van der Waals surface area contributed by atoms with Gasteiger partial charge in [-0.1, -0.05) is 30.2 Å². The first-order valence-corrected chi connectivity index (χ1v) is 6.70. The molecule has 1 aliphatic rings. The highest BCUT2D eigenvalue weighted by molar-refractivity contribution is 6.30. The molecule has 0 saturated heterocycles. The van der Waals surface area contributed by atoms with Crippen molar-refractivity contribution in [2.24, 2.45) is 11.7 Å². The first-order chi connectivity index (χ1) is 8.58. The number of nitrogens with zero attached hydrogens (tertiary/aromatic N) is 1. The number of amides is 1. The Morgan fingerprint density at radius 3 is 2.61 bits per heavy atom. The minimum atomic E-state index is 0.00213. The summed E-state index contributed by atoms with van der Waals surface area (Å²) in [4.78, 5) is 14.0. The molecule has 2 rings (SSSR count). The third kappa shape index (κ3) is 3.03. The molecule has 1 aromatic carbocycles. The molecule has 2 unspecified atom stereocenters. The molecule has 1 saturated carbocycles. The minimum absolute atomic E-state index is 0.00213. The number of carbonyl (C=O) groups excluding carboxylic acids is 1. The van der Waals surface area contributed by atoms with Crippen LogP contribution in [0.5, 0.6) is 0 Å². The Balaban J connectivity index is 1.97. The zero-order chi connectivity index (χ0) is 13.1. The third-order valence-electron chi connectivity index (χ3n) is 3.60. The molecule has 1 amide bonds. The quantitative estimate of drug-likeness (QED) is 0.913. The van der Waals surface area contributed by atoms with Gasteiger partial charge in [-0.05, 0) is 30.5 Å². The molecule has 0 aromatic heterocycles. The zero-order valence-electron chi connectivity index (χ0n) is 10.6. The summed E-state index contributed by atoms with van der Waals surface area (Å²) in [5, 5.41) is 0.713. The second-order valence-electron chi connectivity index (χ2n) is 5.02. The third-order valence-corrected chi connectivity index (χ3v) is 3.85. The van der Waals surface area contributed by atoms with Crippen LogP contribution in [0.3, 0.4) is 0 Å². The highest BCUT2D eigenvalue weighted by atomic mass is 35.5. The summed E-state index contributed by atoms with van der Waals surface area (Å²) < 4.78 is 0. The van der Waals surface area contributed by atoms with E-state index >= 15 is 0 Å². The Morgan fingerprint density at radius 2 is 2.06 bits per heavy atom. The van der Waals surface area contributed by atoms with Crippen LogP contribution in [0, 0.1) is 5.92 Å². The van der Waals surface area contributed by atoms with E-state index in [4.69, 9.17) is 17.3 Å². The number of carbonyl (C=O) groups is 1. The maximum Gasteiger partial charge on any atom is 0.227 e. The van der Waals surface area contributed by atoms with Gasteiger partial charge in [-0.3, -0.25) is 4.79 Å². The predicted octanol–water partition coefficient (Wildman–Crippen LogP) is 2.43. The maximum absolute atomic E-state index is 12.2. The van der Waals surface area contributed by atoms with Gasteiger partial charge in [-0.15, -0.1) is 0 Å². The fourth-order valence-electron chi connectivity index (χ4n) is 2.52. The van der Waals surface area contributed by atoms with Gasteiger partial charge in [-0.25, -0.2) is 0 Å². The SMILES string of the molecule is CN(Cc1ccc(Cl)cc1)C(=O)C1CCCC1N. The van der Waals surface area contributed by atoms with Crippen LogP contribution in [0.4, 0.5) is 0 Å². The summed E-state index contributed by atoms with van der Waals surface area (Å²) in [5.41, 5.74) is 7.05. The Labute approximate surface area is 113 Å². The molecule has 0 radical (unpaired) electrons. The molecule has 1 fully saturated rings. The smallest absolute Gasteiger partial charge is 0.227 e. The van der Waals surface area contributed by atoms with Gasteiger partial charge in [0, 0.05) is 24.7 Å². The summed E-state index contributed by atoms with van der Waals surface area (Å²) in [7, 11) is 1.84. The van der Waals surface area contributed by atoms with E-state index in [1.165, 1.54) is 0 Å². The summed E-state index contributed by atoms with van der Waals surface area (Å²) in [6, 6.07) is 7.61. The number of rotatable bonds is 3. The molecule has 0 bridgehead atoms. The van der Waals surface area contributed by atoms with E-state index in [0.29, 0.717) is 11.6 Å². The highest BCUT2D eigenvalue weighted by Gasteiger charge is 2.32. The Morgan fingerprint density at radius 1 is 1.39 bits per heavy atom. The molecule has 4 heteroatoms. The number of benzene rings is 1. The Bertz CT molecular complexity index is 418. The second-order valence-corrected chi connectivity index (χ2v) is 5.46. The van der Waals surface area contributed by atoms with Crippen molar-refractivity contribution in [2.75, 3.05) is 7.05 Å². The first kappa shape index (κ1) is 13.4. The summed E-state index contributed by atoms with van der Waals surface area (Å²) in [6.07, 6.45) is 2.95. The van der Waals surface area contributed by atoms with Crippen molar-refractivity contribution in [2.45, 2.75) is 31.8 Å². The zero-order valence-corrected chi connectivity index (χ0v) is 11.4. The monoisotopic (exact) mass is 266 g/mol. The second kappa shape index (κ2) is 5.72. The van der Waals surface area contributed by atoms with Crippen LogP contribution in [0.1, 0.15) is 24.8 Å². The van der Waals surface area contributed by atoms with Crippen LogP contribution in [0.2, 0.25) is 5.02 Å². The van der Waals surface area contributed by atoms with Gasteiger partial charge < -0.3 is 10.6 Å². The molecule has 1 aromatic rings. The van der Waals surface area contributed by atoms with Gasteiger partial charge in [0.2, 0.25) is 5.91 Å². The van der Waals surface area contributed by atoms with Gasteiger partial charge in [-0.2, -0.15) is 0 Å². The van der Waals surface area contributed by atoms with Crippen molar-refractivity contribution in [3.63, 3.8) is 0 Å². The summed E-state index contributed by atoms with van der Waals surface area (Å²) in [6.45, 7) is 0.610. The summed E-state index contributed by atoms with van der Waals surface area (Å²) in [5.74, 6) is 0.164. The number of halogens is 1. The van der Waals surface area contributed by atoms with Crippen molar-refractivity contribution in [1.29, 1.82) is 0 Å². The predicted molar refractivity (Wildman–Crippen MR) is 73.2 cm³/mol. The number of hydrogen-bond donors (Lipinski definition) is 1. The molecular formula is C14H19ClN2O. The van der Waals surface area contributed by atoms with E-state index in [1.54, 1.807) is 4.90 Å². The van der Waals surface area contributed by atoms with Crippen molar-refractivity contribution < 1.29 is 4.79 Å². The van der Waals surface area contributed by atoms with Gasteiger partial charge in [0.05, 0.1) is 5.92 Å². The molecule has 0 heterocycles. The topological polar surface area (TPSA) is 46.3 Å². The summed E-state index contributed by atoms with van der Waals surface area (Å²) >= 11 is 5.84. The number of hydrogen-bond acceptors (Lipinski definition) is 2. The molecule has 18 heavy (non-hydrogen) atoms. The normalized spacial score (nSPS) is 23.1. The van der Waals surface area contributed by atoms with Crippen molar-refractivity contribution in [3.8, 4) is 0 Å². The molecule has 2 atom stereocenters. The average Bonchev–Trinajstić information content (AvgIpc) is 2.77. The first-order valence-electron chi connectivity index (χ1n) is 6.33. The lowest BCUT2D eigenvalue weighted by Gasteiger charge is -2.23. The van der Waals surface area contributed by atoms with E-state index in [1.807, 2.05) is 31.3 Å². The van der Waals surface area contributed by atoms with Gasteiger partial charge >= 0.3 is 0 Å². The minimum Gasteiger partial charge on any atom is -0.341 e. The van der Waals surface area contributed by atoms with E-state index in [0.717, 1.165) is 24.8 Å². The maximum atomic E-state index is 12.2. The van der Waals surface area contributed by atoms with E-state index in [2.05, 4.69) is 0 Å². The van der Waals surface area contributed by atoms with Crippen LogP contribution >= 0.6 is 11.6 Å². The number of nitrogens with two attached hydrogens (primary N) is 1. The molecule has 3 nitrogen and oxygen atoms in total. The lowest BCUT2D eigenvalue weighted by atomic mass is 10.0. The fourth-order valence-corrected chi connectivity index (χ4v) is 2.65.